The third-order valence-corrected chi connectivity index (χ3v) is 6.69. The number of piperidine rings is 1. The van der Waals surface area contributed by atoms with Crippen LogP contribution in [0, 0.1) is 5.41 Å². The molecule has 1 aliphatic heterocycles. The van der Waals surface area contributed by atoms with E-state index in [1.165, 1.54) is 0 Å². The predicted molar refractivity (Wildman–Crippen MR) is 127 cm³/mol. The van der Waals surface area contributed by atoms with Crippen molar-refractivity contribution >= 4 is 22.9 Å². The van der Waals surface area contributed by atoms with E-state index >= 15 is 0 Å². The van der Waals surface area contributed by atoms with Crippen LogP contribution in [0.5, 0.6) is 5.75 Å². The zero-order chi connectivity index (χ0) is 23.3. The number of benzene rings is 1. The molecule has 1 aliphatic rings. The van der Waals surface area contributed by atoms with Gasteiger partial charge < -0.3 is 18.8 Å². The third kappa shape index (κ3) is 5.20. The van der Waals surface area contributed by atoms with Gasteiger partial charge in [-0.1, -0.05) is 6.08 Å². The van der Waals surface area contributed by atoms with Crippen LogP contribution in [0.2, 0.25) is 0 Å². The Morgan fingerprint density at radius 3 is 2.70 bits per heavy atom. The van der Waals surface area contributed by atoms with Crippen LogP contribution >= 0.6 is 0 Å². The number of likely N-dealkylation sites (tertiary alicyclic amines) is 1. The summed E-state index contributed by atoms with van der Waals surface area (Å²) >= 11 is 0. The quantitative estimate of drug-likeness (QED) is 0.524. The molecule has 0 bridgehead atoms. The van der Waals surface area contributed by atoms with Crippen molar-refractivity contribution in [1.82, 2.24) is 9.47 Å². The van der Waals surface area contributed by atoms with Crippen LogP contribution in [-0.2, 0) is 11.3 Å². The maximum atomic E-state index is 12.5. The summed E-state index contributed by atoms with van der Waals surface area (Å²) in [5, 5.41) is 11.0. The number of carboxylic acids is 1. The highest BCUT2D eigenvalue weighted by atomic mass is 16.5. The molecule has 0 saturated carbocycles. The van der Waals surface area contributed by atoms with Crippen molar-refractivity contribution in [3.8, 4) is 5.75 Å². The van der Waals surface area contributed by atoms with Crippen LogP contribution < -0.4 is 10.3 Å². The molecular weight excluding hydrogens is 420 g/mol. The molecule has 0 aliphatic carbocycles. The number of aryl methyl sites for hydroxylation is 1. The molecule has 7 nitrogen and oxygen atoms in total. The summed E-state index contributed by atoms with van der Waals surface area (Å²) in [6, 6.07) is 12.8. The first-order valence-corrected chi connectivity index (χ1v) is 11.3. The van der Waals surface area contributed by atoms with E-state index in [1.807, 2.05) is 48.6 Å². The Balaban J connectivity index is 1.38. The Kier molecular flexibility index (Phi) is 6.99. The minimum absolute atomic E-state index is 0.0849. The minimum atomic E-state index is -0.743. The van der Waals surface area contributed by atoms with E-state index in [-0.39, 0.29) is 5.56 Å². The van der Waals surface area contributed by atoms with Gasteiger partial charge in [0, 0.05) is 25.2 Å². The van der Waals surface area contributed by atoms with Gasteiger partial charge in [0.2, 0.25) is 0 Å². The van der Waals surface area contributed by atoms with E-state index < -0.39 is 11.4 Å². The molecular formula is C26H30N2O5. The molecule has 174 valence electrons. The van der Waals surface area contributed by atoms with E-state index in [1.54, 1.807) is 24.0 Å². The number of carboxylic acid groups (broad SMARTS) is 1. The van der Waals surface area contributed by atoms with Crippen molar-refractivity contribution in [2.75, 3.05) is 26.7 Å². The van der Waals surface area contributed by atoms with Crippen molar-refractivity contribution in [2.45, 2.75) is 32.2 Å². The number of ether oxygens (including phenoxy) is 1. The van der Waals surface area contributed by atoms with E-state index in [2.05, 4.69) is 4.90 Å². The summed E-state index contributed by atoms with van der Waals surface area (Å²) in [6.45, 7) is 2.72. The molecule has 33 heavy (non-hydrogen) atoms. The zero-order valence-electron chi connectivity index (χ0n) is 18.9. The fourth-order valence-corrected chi connectivity index (χ4v) is 4.64. The summed E-state index contributed by atoms with van der Waals surface area (Å²) < 4.78 is 12.3. The maximum absolute atomic E-state index is 12.5. The lowest BCUT2D eigenvalue weighted by atomic mass is 9.75. The van der Waals surface area contributed by atoms with Gasteiger partial charge in [0.15, 0.2) is 0 Å². The van der Waals surface area contributed by atoms with Crippen LogP contribution in [0.4, 0.5) is 0 Å². The number of fused-ring (bicyclic) bond motifs is 1. The topological polar surface area (TPSA) is 84.9 Å². The monoisotopic (exact) mass is 450 g/mol. The van der Waals surface area contributed by atoms with Crippen LogP contribution in [-0.4, -0.2) is 47.3 Å². The number of hydrogen-bond acceptors (Lipinski definition) is 5. The number of methoxy groups -OCH3 is 1. The van der Waals surface area contributed by atoms with Crippen molar-refractivity contribution in [1.29, 1.82) is 0 Å². The van der Waals surface area contributed by atoms with Gasteiger partial charge in [-0.2, -0.15) is 0 Å². The van der Waals surface area contributed by atoms with Crippen LogP contribution in [0.3, 0.4) is 0 Å². The number of pyridine rings is 1. The molecule has 4 rings (SSSR count). The average molecular weight is 451 g/mol. The number of aliphatic carboxylic acids is 1. The molecule has 1 fully saturated rings. The van der Waals surface area contributed by atoms with Crippen LogP contribution in [0.15, 0.2) is 64.0 Å². The van der Waals surface area contributed by atoms with Crippen LogP contribution in [0.25, 0.3) is 17.0 Å². The Bertz CT molecular complexity index is 1170. The summed E-state index contributed by atoms with van der Waals surface area (Å²) in [7, 11) is 1.60. The summed E-state index contributed by atoms with van der Waals surface area (Å²) in [5.41, 5.74) is -0.0182. The molecule has 1 N–H and O–H groups in total. The van der Waals surface area contributed by atoms with Gasteiger partial charge in [-0.15, -0.1) is 0 Å². The maximum Gasteiger partial charge on any atom is 0.309 e. The molecule has 7 heteroatoms. The molecule has 0 radical (unpaired) electrons. The first-order chi connectivity index (χ1) is 16.0. The Morgan fingerprint density at radius 1 is 1.21 bits per heavy atom. The Hall–Kier alpha value is -3.32. The highest BCUT2D eigenvalue weighted by molar-refractivity contribution is 5.80. The molecule has 0 unspecified atom stereocenters. The largest absolute Gasteiger partial charge is 0.497 e. The Labute approximate surface area is 192 Å². The second-order valence-corrected chi connectivity index (χ2v) is 8.66. The summed E-state index contributed by atoms with van der Waals surface area (Å²) in [5.74, 6) is 0.769. The van der Waals surface area contributed by atoms with Gasteiger partial charge in [-0.25, -0.2) is 0 Å². The highest BCUT2D eigenvalue weighted by Gasteiger charge is 2.40. The summed E-state index contributed by atoms with van der Waals surface area (Å²) in [4.78, 5) is 27.0. The molecule has 0 atom stereocenters. The predicted octanol–water partition coefficient (Wildman–Crippen LogP) is 4.26. The molecule has 1 saturated heterocycles. The second kappa shape index (κ2) is 10.1. The number of hydrogen-bond donors (Lipinski definition) is 1. The molecule has 2 aromatic heterocycles. The molecule has 3 aromatic rings. The fourth-order valence-electron chi connectivity index (χ4n) is 4.64. The first kappa shape index (κ1) is 22.9. The van der Waals surface area contributed by atoms with Gasteiger partial charge in [-0.05, 0) is 80.6 Å². The van der Waals surface area contributed by atoms with E-state index in [4.69, 9.17) is 9.15 Å². The van der Waals surface area contributed by atoms with Crippen molar-refractivity contribution in [3.63, 3.8) is 0 Å². The van der Waals surface area contributed by atoms with Crippen molar-refractivity contribution in [2.24, 2.45) is 5.41 Å². The highest BCUT2D eigenvalue weighted by Crippen LogP contribution is 2.37. The van der Waals surface area contributed by atoms with Gasteiger partial charge in [0.25, 0.3) is 5.56 Å². The zero-order valence-corrected chi connectivity index (χ0v) is 18.9. The van der Waals surface area contributed by atoms with Gasteiger partial charge in [0.05, 0.1) is 24.3 Å². The molecule has 3 heterocycles. The average Bonchev–Trinajstić information content (AvgIpc) is 3.34. The van der Waals surface area contributed by atoms with E-state index in [0.29, 0.717) is 38.0 Å². The van der Waals surface area contributed by atoms with Gasteiger partial charge in [0.1, 0.15) is 11.5 Å². The van der Waals surface area contributed by atoms with E-state index in [9.17, 15) is 14.7 Å². The molecule has 0 amide bonds. The fraction of sp³-hybridized carbons (Fsp3) is 0.385. The lowest BCUT2D eigenvalue weighted by molar-refractivity contribution is -0.152. The smallest absolute Gasteiger partial charge is 0.309 e. The number of carbonyl (C=O) groups is 1. The number of rotatable bonds is 9. The standard InChI is InChI=1S/C26H30N2O5/c1-32-22-9-7-20-8-10-24(29)28(23(20)19-22)15-4-11-26(25(30)31)12-16-27(17-13-26)14-2-5-21-6-3-18-33-21/h2-3,5-10,18-19H,4,11-17H2,1H3,(H,30,31)/b5-2+. The number of furan rings is 1. The van der Waals surface area contributed by atoms with Crippen LogP contribution in [0.1, 0.15) is 31.4 Å². The third-order valence-electron chi connectivity index (χ3n) is 6.69. The van der Waals surface area contributed by atoms with Crippen molar-refractivity contribution < 1.29 is 19.1 Å². The minimum Gasteiger partial charge on any atom is -0.497 e. The molecule has 0 spiro atoms. The number of aromatic nitrogens is 1. The van der Waals surface area contributed by atoms with Crippen molar-refractivity contribution in [3.05, 3.63) is 70.9 Å². The second-order valence-electron chi connectivity index (χ2n) is 8.66. The normalized spacial score (nSPS) is 16.4. The lowest BCUT2D eigenvalue weighted by Gasteiger charge is -2.38. The molecule has 1 aromatic carbocycles. The van der Waals surface area contributed by atoms with Gasteiger partial charge in [-0.3, -0.25) is 14.5 Å². The summed E-state index contributed by atoms with van der Waals surface area (Å²) in [6.07, 6.45) is 8.02. The lowest BCUT2D eigenvalue weighted by Crippen LogP contribution is -2.44. The Morgan fingerprint density at radius 2 is 2.00 bits per heavy atom. The SMILES string of the molecule is COc1ccc2ccc(=O)n(CCCC3(C(=O)O)CCN(C/C=C/c4ccco4)CC3)c2c1. The van der Waals surface area contributed by atoms with Gasteiger partial charge >= 0.3 is 5.97 Å². The van der Waals surface area contributed by atoms with E-state index in [0.717, 1.165) is 36.3 Å². The first-order valence-electron chi connectivity index (χ1n) is 11.3. The number of nitrogens with zero attached hydrogens (tertiary/aromatic N) is 2.